The second-order valence-corrected chi connectivity index (χ2v) is 5.56. The summed E-state index contributed by atoms with van der Waals surface area (Å²) in [5.41, 5.74) is 1.63. The van der Waals surface area contributed by atoms with Crippen molar-refractivity contribution in [1.82, 2.24) is 5.32 Å². The van der Waals surface area contributed by atoms with Crippen molar-refractivity contribution >= 4 is 17.7 Å². The highest BCUT2D eigenvalue weighted by molar-refractivity contribution is 5.90. The average Bonchev–Trinajstić information content (AvgIpc) is 3.01. The Morgan fingerprint density at radius 2 is 2.04 bits per heavy atom. The predicted octanol–water partition coefficient (Wildman–Crippen LogP) is 2.69. The highest BCUT2D eigenvalue weighted by Crippen LogP contribution is 2.27. The Balaban J connectivity index is 1.96. The summed E-state index contributed by atoms with van der Waals surface area (Å²) in [4.78, 5) is 24.0. The minimum atomic E-state index is -0.310. The Morgan fingerprint density at radius 1 is 1.26 bits per heavy atom. The molecule has 1 saturated carbocycles. The number of hydrogen-bond donors (Lipinski definition) is 2. The summed E-state index contributed by atoms with van der Waals surface area (Å²) < 4.78 is 10.2. The molecular formula is C17H24N2O4. The van der Waals surface area contributed by atoms with Crippen molar-refractivity contribution in [1.29, 1.82) is 0 Å². The molecule has 0 unspecified atom stereocenters. The third-order valence-electron chi connectivity index (χ3n) is 4.06. The first-order valence-corrected chi connectivity index (χ1v) is 7.96. The number of benzene rings is 1. The third kappa shape index (κ3) is 4.69. The molecule has 2 atom stereocenters. The van der Waals surface area contributed by atoms with Crippen LogP contribution in [0.2, 0.25) is 0 Å². The van der Waals surface area contributed by atoms with Gasteiger partial charge < -0.3 is 20.1 Å². The van der Waals surface area contributed by atoms with E-state index in [1.165, 1.54) is 7.11 Å². The van der Waals surface area contributed by atoms with Crippen molar-refractivity contribution in [2.45, 2.75) is 38.8 Å². The minimum Gasteiger partial charge on any atom is -0.469 e. The van der Waals surface area contributed by atoms with Crippen LogP contribution in [0, 0.1) is 5.92 Å². The topological polar surface area (TPSA) is 76.7 Å². The normalized spacial score (nSPS) is 20.1. The zero-order valence-electron chi connectivity index (χ0n) is 13.6. The summed E-state index contributed by atoms with van der Waals surface area (Å²) in [7, 11) is 1.38. The van der Waals surface area contributed by atoms with Gasteiger partial charge in [-0.15, -0.1) is 0 Å². The van der Waals surface area contributed by atoms with Crippen molar-refractivity contribution < 1.29 is 19.1 Å². The highest BCUT2D eigenvalue weighted by atomic mass is 16.5. The van der Waals surface area contributed by atoms with Crippen LogP contribution in [0.1, 0.15) is 31.7 Å². The molecule has 1 aliphatic rings. The molecule has 0 aromatic heterocycles. The molecule has 1 aromatic rings. The molecular weight excluding hydrogens is 296 g/mol. The van der Waals surface area contributed by atoms with Gasteiger partial charge in [0.15, 0.2) is 0 Å². The molecule has 0 aliphatic heterocycles. The van der Waals surface area contributed by atoms with Crippen LogP contribution in [0.15, 0.2) is 24.3 Å². The lowest BCUT2D eigenvalue weighted by molar-refractivity contribution is -0.145. The summed E-state index contributed by atoms with van der Waals surface area (Å²) in [6.45, 7) is 2.99. The molecule has 1 aromatic carbocycles. The lowest BCUT2D eigenvalue weighted by Crippen LogP contribution is -2.42. The Bertz CT molecular complexity index is 547. The standard InChI is InChI=1S/C17H24N2O4/c1-3-23-11-12-7-4-5-9-14(12)18-17(21)19-15-10-6-8-13(15)16(20)22-2/h4-5,7,9,13,15H,3,6,8,10-11H2,1-2H3,(H2,18,19,21)/t13-,15+/m1/s1. The molecule has 2 N–H and O–H groups in total. The molecule has 0 saturated heterocycles. The van der Waals surface area contributed by atoms with E-state index in [2.05, 4.69) is 10.6 Å². The average molecular weight is 320 g/mol. The van der Waals surface area contributed by atoms with E-state index in [4.69, 9.17) is 9.47 Å². The fourth-order valence-corrected chi connectivity index (χ4v) is 2.87. The largest absolute Gasteiger partial charge is 0.469 e. The number of hydrogen-bond acceptors (Lipinski definition) is 4. The van der Waals surface area contributed by atoms with Gasteiger partial charge in [0.2, 0.25) is 0 Å². The van der Waals surface area contributed by atoms with Gasteiger partial charge in [0.25, 0.3) is 0 Å². The van der Waals surface area contributed by atoms with Gasteiger partial charge in [-0.1, -0.05) is 24.6 Å². The second kappa shape index (κ2) is 8.53. The van der Waals surface area contributed by atoms with Gasteiger partial charge in [-0.25, -0.2) is 4.79 Å². The van der Waals surface area contributed by atoms with Crippen LogP contribution < -0.4 is 10.6 Å². The van der Waals surface area contributed by atoms with Crippen molar-refractivity contribution in [2.24, 2.45) is 5.92 Å². The summed E-state index contributed by atoms with van der Waals surface area (Å²) in [6.07, 6.45) is 2.44. The lowest BCUT2D eigenvalue weighted by Gasteiger charge is -2.20. The van der Waals surface area contributed by atoms with Crippen LogP contribution >= 0.6 is 0 Å². The quantitative estimate of drug-likeness (QED) is 0.790. The van der Waals surface area contributed by atoms with E-state index in [1.807, 2.05) is 31.2 Å². The highest BCUT2D eigenvalue weighted by Gasteiger charge is 2.34. The summed E-state index contributed by atoms with van der Waals surface area (Å²) in [6, 6.07) is 7.02. The maximum atomic E-state index is 12.2. The number of methoxy groups -OCH3 is 1. The first-order chi connectivity index (χ1) is 11.2. The van der Waals surface area contributed by atoms with Gasteiger partial charge in [0.05, 0.1) is 19.6 Å². The molecule has 126 valence electrons. The Labute approximate surface area is 136 Å². The lowest BCUT2D eigenvalue weighted by atomic mass is 10.0. The third-order valence-corrected chi connectivity index (χ3v) is 4.06. The zero-order chi connectivity index (χ0) is 16.7. The van der Waals surface area contributed by atoms with Crippen LogP contribution in [0.5, 0.6) is 0 Å². The molecule has 0 heterocycles. The smallest absolute Gasteiger partial charge is 0.319 e. The number of carbonyl (C=O) groups is 2. The maximum absolute atomic E-state index is 12.2. The number of ether oxygens (including phenoxy) is 2. The number of anilines is 1. The minimum absolute atomic E-state index is 0.179. The van der Waals surface area contributed by atoms with E-state index >= 15 is 0 Å². The maximum Gasteiger partial charge on any atom is 0.319 e. The molecule has 0 spiro atoms. The Kier molecular flexibility index (Phi) is 6.40. The van der Waals surface area contributed by atoms with Crippen LogP contribution in [0.3, 0.4) is 0 Å². The van der Waals surface area contributed by atoms with E-state index in [1.54, 1.807) is 0 Å². The number of nitrogens with one attached hydrogen (secondary N) is 2. The zero-order valence-corrected chi connectivity index (χ0v) is 13.6. The van der Waals surface area contributed by atoms with E-state index < -0.39 is 0 Å². The fraction of sp³-hybridized carbons (Fsp3) is 0.529. The van der Waals surface area contributed by atoms with E-state index in [-0.39, 0.29) is 24.0 Å². The molecule has 0 radical (unpaired) electrons. The molecule has 2 amide bonds. The van der Waals surface area contributed by atoms with Gasteiger partial charge in [-0.2, -0.15) is 0 Å². The van der Waals surface area contributed by atoms with Crippen molar-refractivity contribution in [3.05, 3.63) is 29.8 Å². The molecule has 6 heteroatoms. The van der Waals surface area contributed by atoms with Crippen molar-refractivity contribution in [3.63, 3.8) is 0 Å². The molecule has 23 heavy (non-hydrogen) atoms. The second-order valence-electron chi connectivity index (χ2n) is 5.56. The number of esters is 1. The fourth-order valence-electron chi connectivity index (χ4n) is 2.87. The number of carbonyl (C=O) groups excluding carboxylic acids is 2. The first-order valence-electron chi connectivity index (χ1n) is 7.96. The number of para-hydroxylation sites is 1. The molecule has 6 nitrogen and oxygen atoms in total. The summed E-state index contributed by atoms with van der Waals surface area (Å²) in [5.74, 6) is -0.519. The van der Waals surface area contributed by atoms with Gasteiger partial charge in [0.1, 0.15) is 0 Å². The summed E-state index contributed by atoms with van der Waals surface area (Å²) >= 11 is 0. The molecule has 2 rings (SSSR count). The summed E-state index contributed by atoms with van der Waals surface area (Å²) in [5, 5.41) is 5.73. The monoisotopic (exact) mass is 320 g/mol. The van der Waals surface area contributed by atoms with Crippen molar-refractivity contribution in [3.8, 4) is 0 Å². The predicted molar refractivity (Wildman–Crippen MR) is 87.1 cm³/mol. The van der Waals surface area contributed by atoms with E-state index in [9.17, 15) is 9.59 Å². The molecule has 0 bridgehead atoms. The first kappa shape index (κ1) is 17.3. The Morgan fingerprint density at radius 3 is 2.78 bits per heavy atom. The van der Waals surface area contributed by atoms with Crippen LogP contribution in [-0.4, -0.2) is 31.8 Å². The van der Waals surface area contributed by atoms with Crippen molar-refractivity contribution in [2.75, 3.05) is 19.0 Å². The van der Waals surface area contributed by atoms with Gasteiger partial charge in [-0.05, 0) is 25.8 Å². The molecule has 1 fully saturated rings. The van der Waals surface area contributed by atoms with Crippen LogP contribution in [-0.2, 0) is 20.9 Å². The van der Waals surface area contributed by atoms with Gasteiger partial charge in [0, 0.05) is 23.9 Å². The molecule has 1 aliphatic carbocycles. The SMILES string of the molecule is CCOCc1ccccc1NC(=O)N[C@H]1CCC[C@H]1C(=O)OC. The van der Waals surface area contributed by atoms with Gasteiger partial charge in [-0.3, -0.25) is 4.79 Å². The van der Waals surface area contributed by atoms with E-state index in [0.29, 0.717) is 18.9 Å². The van der Waals surface area contributed by atoms with E-state index in [0.717, 1.165) is 24.8 Å². The number of urea groups is 1. The van der Waals surface area contributed by atoms with Gasteiger partial charge >= 0.3 is 12.0 Å². The number of rotatable bonds is 6. The van der Waals surface area contributed by atoms with Crippen LogP contribution in [0.4, 0.5) is 10.5 Å². The number of amides is 2. The Hall–Kier alpha value is -2.08. The van der Waals surface area contributed by atoms with Crippen LogP contribution in [0.25, 0.3) is 0 Å².